The van der Waals surface area contributed by atoms with E-state index in [1.165, 1.54) is 12.8 Å². The maximum absolute atomic E-state index is 5.54. The Hall–Kier alpha value is -0.660. The molecule has 0 atom stereocenters. The Morgan fingerprint density at radius 1 is 1.14 bits per heavy atom. The van der Waals surface area contributed by atoms with Gasteiger partial charge >= 0.3 is 0 Å². The van der Waals surface area contributed by atoms with Gasteiger partial charge in [0, 0.05) is 13.1 Å². The van der Waals surface area contributed by atoms with Crippen molar-refractivity contribution >= 4 is 0 Å². The quantitative estimate of drug-likeness (QED) is 0.704. The van der Waals surface area contributed by atoms with Gasteiger partial charge in [0.05, 0.1) is 5.82 Å². The van der Waals surface area contributed by atoms with Gasteiger partial charge in [-0.1, -0.05) is 41.2 Å². The first-order valence-electron chi connectivity index (χ1n) is 5.89. The predicted molar refractivity (Wildman–Crippen MR) is 66.0 cm³/mol. The van der Waals surface area contributed by atoms with Crippen molar-refractivity contribution in [3.8, 4) is 0 Å². The van der Waals surface area contributed by atoms with Gasteiger partial charge in [0.15, 0.2) is 0 Å². The molecule has 1 aliphatic rings. The van der Waals surface area contributed by atoms with E-state index in [0.717, 1.165) is 24.8 Å². The third-order valence-electron chi connectivity index (χ3n) is 2.19. The second kappa shape index (κ2) is 10.4. The van der Waals surface area contributed by atoms with Crippen molar-refractivity contribution in [3.63, 3.8) is 0 Å². The first kappa shape index (κ1) is 15.8. The average molecular weight is 200 g/mol. The Balaban J connectivity index is 0. The fraction of sp³-hybridized carbons (Fsp3) is 0.833. The molecule has 1 rings (SSSR count). The third kappa shape index (κ3) is 6.81. The molecule has 86 valence electrons. The van der Waals surface area contributed by atoms with Gasteiger partial charge < -0.3 is 10.6 Å². The SMILES string of the molecule is C=C(N)N1CCC(C)CC1.CC.CC. The van der Waals surface area contributed by atoms with Crippen LogP contribution < -0.4 is 5.73 Å². The maximum Gasteiger partial charge on any atom is 0.0912 e. The fourth-order valence-electron chi connectivity index (χ4n) is 1.30. The van der Waals surface area contributed by atoms with Gasteiger partial charge in [0.2, 0.25) is 0 Å². The van der Waals surface area contributed by atoms with Crippen LogP contribution in [0.5, 0.6) is 0 Å². The molecule has 1 heterocycles. The van der Waals surface area contributed by atoms with Crippen molar-refractivity contribution in [3.05, 3.63) is 12.4 Å². The zero-order chi connectivity index (χ0) is 11.6. The minimum absolute atomic E-state index is 0.729. The molecule has 0 aliphatic carbocycles. The monoisotopic (exact) mass is 200 g/mol. The Bertz CT molecular complexity index is 124. The van der Waals surface area contributed by atoms with Crippen molar-refractivity contribution in [2.75, 3.05) is 13.1 Å². The highest BCUT2D eigenvalue weighted by atomic mass is 15.2. The highest BCUT2D eigenvalue weighted by molar-refractivity contribution is 4.88. The van der Waals surface area contributed by atoms with E-state index in [0.29, 0.717) is 0 Å². The molecule has 0 aromatic carbocycles. The van der Waals surface area contributed by atoms with Gasteiger partial charge in [0.25, 0.3) is 0 Å². The molecular formula is C12H28N2. The molecule has 0 aromatic heterocycles. The molecule has 14 heavy (non-hydrogen) atoms. The molecule has 0 saturated carbocycles. The summed E-state index contributed by atoms with van der Waals surface area (Å²) in [5.74, 6) is 1.60. The van der Waals surface area contributed by atoms with Crippen LogP contribution in [0.4, 0.5) is 0 Å². The number of likely N-dealkylation sites (tertiary alicyclic amines) is 1. The third-order valence-corrected chi connectivity index (χ3v) is 2.19. The van der Waals surface area contributed by atoms with Crippen molar-refractivity contribution in [1.82, 2.24) is 4.90 Å². The molecule has 1 fully saturated rings. The molecule has 2 N–H and O–H groups in total. The molecule has 1 saturated heterocycles. The van der Waals surface area contributed by atoms with E-state index >= 15 is 0 Å². The Kier molecular flexibility index (Phi) is 11.8. The van der Waals surface area contributed by atoms with E-state index in [2.05, 4.69) is 18.4 Å². The minimum atomic E-state index is 0.729. The lowest BCUT2D eigenvalue weighted by Gasteiger charge is -2.31. The summed E-state index contributed by atoms with van der Waals surface area (Å²) >= 11 is 0. The van der Waals surface area contributed by atoms with Gasteiger partial charge in [-0.05, 0) is 18.8 Å². The number of piperidine rings is 1. The summed E-state index contributed by atoms with van der Waals surface area (Å²) in [4.78, 5) is 2.15. The smallest absolute Gasteiger partial charge is 0.0912 e. The summed E-state index contributed by atoms with van der Waals surface area (Å²) in [6.45, 7) is 16.2. The lowest BCUT2D eigenvalue weighted by Crippen LogP contribution is -2.34. The fourth-order valence-corrected chi connectivity index (χ4v) is 1.30. The maximum atomic E-state index is 5.54. The van der Waals surface area contributed by atoms with Crippen LogP contribution in [0.1, 0.15) is 47.5 Å². The van der Waals surface area contributed by atoms with Crippen molar-refractivity contribution in [2.24, 2.45) is 11.7 Å². The van der Waals surface area contributed by atoms with Crippen LogP contribution in [0.25, 0.3) is 0 Å². The Morgan fingerprint density at radius 3 is 1.79 bits per heavy atom. The van der Waals surface area contributed by atoms with E-state index in [4.69, 9.17) is 5.73 Å². The molecular weight excluding hydrogens is 172 g/mol. The lowest BCUT2D eigenvalue weighted by atomic mass is 9.99. The summed E-state index contributed by atoms with van der Waals surface area (Å²) in [7, 11) is 0. The second-order valence-electron chi connectivity index (χ2n) is 3.16. The molecule has 1 aliphatic heterocycles. The summed E-state index contributed by atoms with van der Waals surface area (Å²) in [6.07, 6.45) is 2.52. The number of nitrogens with two attached hydrogens (primary N) is 1. The van der Waals surface area contributed by atoms with E-state index in [-0.39, 0.29) is 0 Å². The molecule has 0 bridgehead atoms. The van der Waals surface area contributed by atoms with E-state index in [1.54, 1.807) is 0 Å². The lowest BCUT2D eigenvalue weighted by molar-refractivity contribution is 0.236. The standard InChI is InChI=1S/C8H16N2.2C2H6/c1-7-3-5-10(6-4-7)8(2)9;2*1-2/h7H,2-6,9H2,1H3;2*1-2H3. The number of nitrogens with zero attached hydrogens (tertiary/aromatic N) is 1. The van der Waals surface area contributed by atoms with E-state index < -0.39 is 0 Å². The van der Waals surface area contributed by atoms with E-state index in [9.17, 15) is 0 Å². The minimum Gasteiger partial charge on any atom is -0.386 e. The second-order valence-corrected chi connectivity index (χ2v) is 3.16. The number of hydrogen-bond donors (Lipinski definition) is 1. The zero-order valence-electron chi connectivity index (χ0n) is 10.6. The topological polar surface area (TPSA) is 29.3 Å². The summed E-state index contributed by atoms with van der Waals surface area (Å²) < 4.78 is 0. The van der Waals surface area contributed by atoms with Crippen molar-refractivity contribution < 1.29 is 0 Å². The summed E-state index contributed by atoms with van der Waals surface area (Å²) in [5.41, 5.74) is 5.54. The van der Waals surface area contributed by atoms with Crippen molar-refractivity contribution in [2.45, 2.75) is 47.5 Å². The highest BCUT2D eigenvalue weighted by Crippen LogP contribution is 2.16. The molecule has 0 aromatic rings. The molecule has 0 radical (unpaired) electrons. The summed E-state index contributed by atoms with van der Waals surface area (Å²) in [6, 6.07) is 0. The van der Waals surface area contributed by atoms with Crippen LogP contribution in [-0.4, -0.2) is 18.0 Å². The van der Waals surface area contributed by atoms with Crippen LogP contribution in [-0.2, 0) is 0 Å². The average Bonchev–Trinajstić information content (AvgIpc) is 2.24. The first-order valence-corrected chi connectivity index (χ1v) is 5.89. The highest BCUT2D eigenvalue weighted by Gasteiger charge is 2.14. The predicted octanol–water partition coefficient (Wildman–Crippen LogP) is 3.20. The van der Waals surface area contributed by atoms with Gasteiger partial charge in [-0.15, -0.1) is 0 Å². The van der Waals surface area contributed by atoms with Gasteiger partial charge in [-0.25, -0.2) is 0 Å². The van der Waals surface area contributed by atoms with Gasteiger partial charge in [-0.2, -0.15) is 0 Å². The van der Waals surface area contributed by atoms with Crippen LogP contribution in [0.2, 0.25) is 0 Å². The van der Waals surface area contributed by atoms with Crippen LogP contribution in [0.3, 0.4) is 0 Å². The normalized spacial score (nSPS) is 15.9. The van der Waals surface area contributed by atoms with Gasteiger partial charge in [0.1, 0.15) is 0 Å². The van der Waals surface area contributed by atoms with Crippen LogP contribution >= 0.6 is 0 Å². The molecule has 2 heteroatoms. The Morgan fingerprint density at radius 2 is 1.50 bits per heavy atom. The first-order chi connectivity index (χ1) is 6.70. The molecule has 0 amide bonds. The number of hydrogen-bond acceptors (Lipinski definition) is 2. The molecule has 0 unspecified atom stereocenters. The largest absolute Gasteiger partial charge is 0.386 e. The molecule has 0 spiro atoms. The van der Waals surface area contributed by atoms with Crippen LogP contribution in [0.15, 0.2) is 12.4 Å². The molecule has 2 nitrogen and oxygen atoms in total. The summed E-state index contributed by atoms with van der Waals surface area (Å²) in [5, 5.41) is 0. The van der Waals surface area contributed by atoms with Crippen molar-refractivity contribution in [1.29, 1.82) is 0 Å². The van der Waals surface area contributed by atoms with E-state index in [1.807, 2.05) is 27.7 Å². The van der Waals surface area contributed by atoms with Crippen LogP contribution in [0, 0.1) is 5.92 Å². The van der Waals surface area contributed by atoms with Gasteiger partial charge in [-0.3, -0.25) is 0 Å². The zero-order valence-corrected chi connectivity index (χ0v) is 10.6. The number of rotatable bonds is 1. The Labute approximate surface area is 90.2 Å².